The Morgan fingerprint density at radius 1 is 2.00 bits per heavy atom. The van der Waals surface area contributed by atoms with Crippen molar-refractivity contribution in [2.24, 2.45) is 0 Å². The van der Waals surface area contributed by atoms with Gasteiger partial charge in [-0.15, -0.1) is 0 Å². The van der Waals surface area contributed by atoms with Crippen LogP contribution < -0.4 is 0 Å². The molecule has 0 aliphatic heterocycles. The van der Waals surface area contributed by atoms with E-state index < -0.39 is 3.84 Å². The van der Waals surface area contributed by atoms with Crippen LogP contribution in [0.4, 0.5) is 0 Å². The molecule has 0 aromatic carbocycles. The molecule has 0 amide bonds. The first kappa shape index (κ1) is 3.96. The Labute approximate surface area is 31.9 Å². The number of rotatable bonds is 0. The minimum atomic E-state index is -0.438. The number of nitrogens with zero attached hydrogens (tertiary/aromatic N) is 1. The standard InChI is InChI=1S/AsH2NO2/c1-2(3)4/h1H2. The van der Waals surface area contributed by atoms with Gasteiger partial charge in [0.25, 0.3) is 0 Å². The van der Waals surface area contributed by atoms with Crippen LogP contribution in [0.1, 0.15) is 0 Å². The molecule has 0 heterocycles. The van der Waals surface area contributed by atoms with Gasteiger partial charge in [-0.1, -0.05) is 0 Å². The number of hydrogen-bond donors (Lipinski definition) is 0. The van der Waals surface area contributed by atoms with Crippen molar-refractivity contribution < 1.29 is 3.84 Å². The molecule has 0 saturated carbocycles. The molecular formula is H2AsNO2. The molecule has 0 rings (SSSR count). The Morgan fingerprint density at radius 3 is 2.00 bits per heavy atom. The molecule has 0 radical (unpaired) electrons. The molecule has 0 spiro atoms. The van der Waals surface area contributed by atoms with Crippen LogP contribution in [0.5, 0.6) is 0 Å². The molecule has 0 saturated heterocycles. The van der Waals surface area contributed by atoms with Crippen molar-refractivity contribution in [2.75, 3.05) is 0 Å². The van der Waals surface area contributed by atoms with Gasteiger partial charge in [0.2, 0.25) is 0 Å². The Morgan fingerprint density at radius 2 is 2.00 bits per heavy atom. The first-order chi connectivity index (χ1) is 1.73. The summed E-state index contributed by atoms with van der Waals surface area (Å²) in [5.74, 6) is 0. The summed E-state index contributed by atoms with van der Waals surface area (Å²) in [7, 11) is 0. The third kappa shape index (κ3) is 1040. The fourth-order valence-electron chi connectivity index (χ4n) is 0. The van der Waals surface area contributed by atoms with Gasteiger partial charge in [0.05, 0.1) is 0 Å². The second-order valence-corrected chi connectivity index (χ2v) is 1.17. The van der Waals surface area contributed by atoms with E-state index in [2.05, 4.69) is 0 Å². The van der Waals surface area contributed by atoms with Crippen LogP contribution in [0.2, 0.25) is 0 Å². The van der Waals surface area contributed by atoms with E-state index in [0.29, 0.717) is 17.1 Å². The first-order valence-electron chi connectivity index (χ1n) is 0.623. The topological polar surface area (TPSA) is 43.1 Å². The third-order valence-corrected chi connectivity index (χ3v) is 0. The van der Waals surface area contributed by atoms with Crippen LogP contribution in [0.25, 0.3) is 0 Å². The average Bonchev–Trinajstić information content (AvgIpc) is 0.811. The summed E-state index contributed by atoms with van der Waals surface area (Å²) in [6.45, 7) is 0. The molecule has 0 fully saturated rings. The summed E-state index contributed by atoms with van der Waals surface area (Å²) in [4.78, 5) is 8.83. The van der Waals surface area contributed by atoms with E-state index in [0.717, 1.165) is 0 Å². The predicted octanol–water partition coefficient (Wildman–Crippen LogP) is -1.19. The Balaban J connectivity index is 2.80. The maximum absolute atomic E-state index is 8.83. The quantitative estimate of drug-likeness (QED) is 0.231. The van der Waals surface area contributed by atoms with E-state index in [1.807, 2.05) is 0 Å². The minimum absolute atomic E-state index is 0.438. The van der Waals surface area contributed by atoms with Gasteiger partial charge >= 0.3 is 31.0 Å². The SMILES string of the molecule is O=[N+]([O-])[AsH2]. The zero-order valence-electron chi connectivity index (χ0n) is 1.84. The van der Waals surface area contributed by atoms with E-state index >= 15 is 0 Å². The summed E-state index contributed by atoms with van der Waals surface area (Å²) in [6.07, 6.45) is 0. The summed E-state index contributed by atoms with van der Waals surface area (Å²) in [5.41, 5.74) is 0. The molecule has 0 aromatic heterocycles. The van der Waals surface area contributed by atoms with Crippen LogP contribution in [-0.2, 0) is 0 Å². The monoisotopic (exact) mass is 123 g/mol. The van der Waals surface area contributed by atoms with E-state index in [1.165, 1.54) is 0 Å². The zero-order chi connectivity index (χ0) is 3.58. The Kier molecular flexibility index (Phi) is 1.28. The second-order valence-electron chi connectivity index (χ2n) is 0.285. The van der Waals surface area contributed by atoms with Crippen LogP contribution in [0.3, 0.4) is 0 Å². The molecule has 1 unspecified atom stereocenters. The second kappa shape index (κ2) is 1.30. The average molecular weight is 123 g/mol. The van der Waals surface area contributed by atoms with E-state index in [4.69, 9.17) is 10.1 Å². The van der Waals surface area contributed by atoms with Crippen molar-refractivity contribution in [1.29, 1.82) is 0 Å². The molecule has 4 heteroatoms. The molecule has 24 valence electrons. The fourth-order valence-corrected chi connectivity index (χ4v) is 0. The number of hydrogen-bond acceptors (Lipinski definition) is 2. The summed E-state index contributed by atoms with van der Waals surface area (Å²) >= 11 is 0.521. The summed E-state index contributed by atoms with van der Waals surface area (Å²) in [5, 5.41) is 8.83. The third-order valence-electron chi connectivity index (χ3n) is 0. The van der Waals surface area contributed by atoms with Gasteiger partial charge in [0.1, 0.15) is 0 Å². The van der Waals surface area contributed by atoms with Gasteiger partial charge in [-0.05, 0) is 0 Å². The van der Waals surface area contributed by atoms with E-state index in [-0.39, 0.29) is 0 Å². The van der Waals surface area contributed by atoms with Crippen molar-refractivity contribution in [3.8, 4) is 0 Å². The summed E-state index contributed by atoms with van der Waals surface area (Å²) < 4.78 is -0.438. The van der Waals surface area contributed by atoms with Crippen molar-refractivity contribution in [1.82, 2.24) is 0 Å². The molecule has 1 atom stereocenters. The predicted molar refractivity (Wildman–Crippen MR) is 15.5 cm³/mol. The number of nitro groups is 1. The van der Waals surface area contributed by atoms with E-state index in [9.17, 15) is 0 Å². The molecule has 0 aliphatic rings. The van der Waals surface area contributed by atoms with Crippen LogP contribution in [0, 0.1) is 10.1 Å². The summed E-state index contributed by atoms with van der Waals surface area (Å²) in [6, 6.07) is 0. The molecule has 0 bridgehead atoms. The normalized spacial score (nSPS) is 6.25. The molecule has 0 N–H and O–H groups in total. The van der Waals surface area contributed by atoms with Gasteiger partial charge in [0, 0.05) is 0 Å². The molecule has 4 heavy (non-hydrogen) atoms. The zero-order valence-corrected chi connectivity index (χ0v) is 4.26. The molecule has 3 nitrogen and oxygen atoms in total. The van der Waals surface area contributed by atoms with Gasteiger partial charge < -0.3 is 0 Å². The van der Waals surface area contributed by atoms with Crippen molar-refractivity contribution in [2.45, 2.75) is 0 Å². The first-order valence-corrected chi connectivity index (χ1v) is 1.71. The van der Waals surface area contributed by atoms with Crippen molar-refractivity contribution in [3.63, 3.8) is 0 Å². The fraction of sp³-hybridized carbons (Fsp3) is 0. The van der Waals surface area contributed by atoms with Crippen LogP contribution in [-0.4, -0.2) is 20.9 Å². The van der Waals surface area contributed by atoms with Gasteiger partial charge in [-0.2, -0.15) is 0 Å². The Bertz CT molecular complexity index is 29.0. The van der Waals surface area contributed by atoms with Crippen molar-refractivity contribution >= 4 is 17.1 Å². The van der Waals surface area contributed by atoms with Gasteiger partial charge in [0.15, 0.2) is 0 Å². The van der Waals surface area contributed by atoms with Gasteiger partial charge in [-0.3, -0.25) is 0 Å². The van der Waals surface area contributed by atoms with Crippen molar-refractivity contribution in [3.05, 3.63) is 10.1 Å². The molecular weight excluding hydrogens is 121 g/mol. The Hall–Kier alpha value is -0.0416. The maximum atomic E-state index is 8.83. The molecule has 0 aromatic rings. The van der Waals surface area contributed by atoms with E-state index in [1.54, 1.807) is 0 Å². The van der Waals surface area contributed by atoms with Crippen LogP contribution >= 0.6 is 0 Å². The molecule has 0 aliphatic carbocycles. The van der Waals surface area contributed by atoms with Crippen LogP contribution in [0.15, 0.2) is 0 Å². The van der Waals surface area contributed by atoms with Gasteiger partial charge in [-0.25, -0.2) is 0 Å².